The van der Waals surface area contributed by atoms with Crippen molar-refractivity contribution in [1.29, 1.82) is 0 Å². The van der Waals surface area contributed by atoms with E-state index < -0.39 is 0 Å². The van der Waals surface area contributed by atoms with Gasteiger partial charge in [-0.05, 0) is 0 Å². The number of allylic oxidation sites excluding steroid dienone is 8. The molecule has 0 saturated heterocycles. The molecule has 28 heavy (non-hydrogen) atoms. The fourth-order valence-electron chi connectivity index (χ4n) is 1.91. The van der Waals surface area contributed by atoms with Gasteiger partial charge in [0.15, 0.2) is 0 Å². The third kappa shape index (κ3) is 23.4. The Morgan fingerprint density at radius 1 is 0.714 bits per heavy atom. The van der Waals surface area contributed by atoms with Crippen molar-refractivity contribution in [3.8, 4) is 0 Å². The van der Waals surface area contributed by atoms with Crippen molar-refractivity contribution in [2.24, 2.45) is 0 Å². The average molecular weight is 470 g/mol. The first-order valence-electron chi connectivity index (χ1n) is 8.48. The van der Waals surface area contributed by atoms with Gasteiger partial charge < -0.3 is 33.9 Å². The zero-order valence-electron chi connectivity index (χ0n) is 16.6. The monoisotopic (exact) mass is 469 g/mol. The third-order valence-corrected chi connectivity index (χ3v) is 4.45. The van der Waals surface area contributed by atoms with Crippen LogP contribution in [0.2, 0.25) is 0 Å². The third-order valence-electron chi connectivity index (χ3n) is 2.95. The molecule has 0 fully saturated rings. The minimum absolute atomic E-state index is 0. The van der Waals surface area contributed by atoms with Gasteiger partial charge in [0.05, 0.1) is 0 Å². The van der Waals surface area contributed by atoms with Gasteiger partial charge in [0.25, 0.3) is 0 Å². The second-order valence-electron chi connectivity index (χ2n) is 5.18. The van der Waals surface area contributed by atoms with Crippen molar-refractivity contribution in [3.63, 3.8) is 0 Å². The van der Waals surface area contributed by atoms with Crippen molar-refractivity contribution >= 4 is 9.84 Å². The molecule has 151 valence electrons. The summed E-state index contributed by atoms with van der Waals surface area (Å²) in [5.41, 5.74) is 0. The number of halogens is 2. The summed E-state index contributed by atoms with van der Waals surface area (Å²) in [7, 11) is 0.100. The van der Waals surface area contributed by atoms with Crippen LogP contribution < -0.4 is 24.8 Å². The van der Waals surface area contributed by atoms with Crippen molar-refractivity contribution in [1.82, 2.24) is 9.13 Å². The van der Waals surface area contributed by atoms with Crippen LogP contribution >= 0.6 is 0 Å². The van der Waals surface area contributed by atoms with E-state index in [0.717, 1.165) is 39.0 Å². The van der Waals surface area contributed by atoms with Gasteiger partial charge in [-0.15, -0.1) is 39.2 Å². The van der Waals surface area contributed by atoms with Gasteiger partial charge in [-0.2, -0.15) is 12.2 Å². The van der Waals surface area contributed by atoms with E-state index in [-0.39, 0.29) is 56.4 Å². The Hall–Kier alpha value is -0.649. The van der Waals surface area contributed by atoms with Crippen LogP contribution in [0.5, 0.6) is 0 Å². The largest absolute Gasteiger partial charge is 4.00 e. The average Bonchev–Trinajstić information content (AvgIpc) is 3.34. The summed E-state index contributed by atoms with van der Waals surface area (Å²) in [6.07, 6.45) is 27.7. The zero-order valence-corrected chi connectivity index (χ0v) is 20.8. The quantitative estimate of drug-likeness (QED) is 0.212. The van der Waals surface area contributed by atoms with Crippen LogP contribution in [-0.2, 0) is 21.7 Å². The smallest absolute Gasteiger partial charge is 1.00 e. The molecule has 2 aliphatic rings. The van der Waals surface area contributed by atoms with E-state index in [9.17, 15) is 0 Å². The van der Waals surface area contributed by atoms with E-state index in [1.54, 1.807) is 0 Å². The first-order valence-corrected chi connectivity index (χ1v) is 9.51. The molecule has 0 aromatic carbocycles. The zero-order chi connectivity index (χ0) is 18.6. The van der Waals surface area contributed by atoms with Crippen molar-refractivity contribution in [2.75, 3.05) is 26.2 Å². The number of hydrogen-bond acceptors (Lipinski definition) is 2. The van der Waals surface area contributed by atoms with Crippen LogP contribution in [-0.4, -0.2) is 45.2 Å². The molecule has 0 saturated carbocycles. The minimum atomic E-state index is 0. The Bertz CT molecular complexity index is 419. The second-order valence-corrected chi connectivity index (χ2v) is 6.88. The van der Waals surface area contributed by atoms with Crippen LogP contribution in [0.25, 0.3) is 0 Å². The van der Waals surface area contributed by atoms with E-state index in [0.29, 0.717) is 0 Å². The van der Waals surface area contributed by atoms with Crippen LogP contribution in [0.4, 0.5) is 0 Å². The van der Waals surface area contributed by atoms with Gasteiger partial charge >= 0.3 is 21.7 Å². The first-order chi connectivity index (χ1) is 12.3. The molecule has 0 aromatic rings. The van der Waals surface area contributed by atoms with Crippen LogP contribution in [0.1, 0.15) is 12.8 Å². The van der Waals surface area contributed by atoms with Crippen molar-refractivity contribution in [3.05, 3.63) is 99.2 Å². The summed E-state index contributed by atoms with van der Waals surface area (Å²) in [5.74, 6) is 0. The Balaban J connectivity index is -0.000000181. The summed E-state index contributed by atoms with van der Waals surface area (Å²) in [5, 5.41) is 0. The summed E-state index contributed by atoms with van der Waals surface area (Å²) in [4.78, 5) is 0. The molecule has 0 bridgehead atoms. The minimum Gasteiger partial charge on any atom is -1.00 e. The number of nitrogens with zero attached hydrogens (tertiary/aromatic N) is 2. The van der Waals surface area contributed by atoms with Gasteiger partial charge in [0.1, 0.15) is 0 Å². The molecule has 0 N–H and O–H groups in total. The molecule has 0 spiro atoms. The Kier molecular flexibility index (Phi) is 35.5. The van der Waals surface area contributed by atoms with Gasteiger partial charge in [-0.25, -0.2) is 24.3 Å². The van der Waals surface area contributed by atoms with E-state index in [2.05, 4.69) is 59.8 Å². The Labute approximate surface area is 202 Å². The van der Waals surface area contributed by atoms with Gasteiger partial charge in [0.2, 0.25) is 9.84 Å². The fraction of sp³-hybridized carbons (Fsp3) is 0.273. The van der Waals surface area contributed by atoms with E-state index in [1.807, 2.05) is 48.6 Å². The number of rotatable bonds is 10. The van der Waals surface area contributed by atoms with Crippen LogP contribution in [0.3, 0.4) is 0 Å². The first kappa shape index (κ1) is 34.8. The van der Waals surface area contributed by atoms with Crippen molar-refractivity contribution < 1.29 is 46.5 Å². The van der Waals surface area contributed by atoms with E-state index in [1.165, 1.54) is 0 Å². The summed E-state index contributed by atoms with van der Waals surface area (Å²) in [6.45, 7) is 18.7. The maximum Gasteiger partial charge on any atom is 4.00 e. The molecule has 2 nitrogen and oxygen atoms in total. The van der Waals surface area contributed by atoms with Gasteiger partial charge in [-0.1, -0.05) is 24.3 Å². The van der Waals surface area contributed by atoms with Crippen LogP contribution in [0, 0.1) is 12.2 Å². The number of hydrogen-bond donors (Lipinski definition) is 0. The normalized spacial score (nSPS) is 11.8. The standard InChI is InChI=1S/C12H21N2Si.2C5H5.2ClH.Ti/c1-5-9-13(10-6-2)15-14(11-7-3)12-8-4;2*1-2-4-5-3-1;;;/h5-8,15H,1-4,9-12H2;2*1-3H,4H2;2*1H;/q;2*-1;;;+4/p-2. The summed E-state index contributed by atoms with van der Waals surface area (Å²) in [6, 6.07) is 0. The van der Waals surface area contributed by atoms with E-state index >= 15 is 0 Å². The topological polar surface area (TPSA) is 6.48 Å². The maximum absolute atomic E-state index is 3.76. The van der Waals surface area contributed by atoms with Crippen molar-refractivity contribution in [2.45, 2.75) is 12.8 Å². The molecule has 0 amide bonds. The molecule has 1 radical (unpaired) electrons. The molecule has 2 rings (SSSR count). The van der Waals surface area contributed by atoms with Gasteiger partial charge in [-0.3, -0.25) is 12.2 Å². The van der Waals surface area contributed by atoms with E-state index in [4.69, 9.17) is 0 Å². The molecule has 0 aliphatic heterocycles. The maximum atomic E-state index is 3.76. The Morgan fingerprint density at radius 3 is 1.18 bits per heavy atom. The predicted octanol–water partition coefficient (Wildman–Crippen LogP) is -1.78. The molecule has 0 atom stereocenters. The second kappa shape index (κ2) is 28.6. The molecule has 0 aromatic heterocycles. The molecule has 0 heterocycles. The fourth-order valence-corrected chi connectivity index (χ4v) is 3.35. The van der Waals surface area contributed by atoms with Gasteiger partial charge in [0, 0.05) is 26.2 Å². The summed E-state index contributed by atoms with van der Waals surface area (Å²) < 4.78 is 4.68. The molecular formula is C22H31Cl2N2SiTi. The Morgan fingerprint density at radius 2 is 1.04 bits per heavy atom. The SMILES string of the molecule is C=CCN(CC=C)[SiH]N(CC=C)CC=C.[C-]1=CC=CC1.[C-]1=CC=CC1.[Cl-].[Cl-].[Ti+4]. The summed E-state index contributed by atoms with van der Waals surface area (Å²) >= 11 is 0. The molecule has 6 heteroatoms. The molecule has 0 unspecified atom stereocenters. The van der Waals surface area contributed by atoms with Crippen LogP contribution in [0.15, 0.2) is 87.1 Å². The molecule has 2 aliphatic carbocycles. The molecular weight excluding hydrogens is 439 g/mol. The predicted molar refractivity (Wildman–Crippen MR) is 114 cm³/mol.